The Balaban J connectivity index is 1.12. The van der Waals surface area contributed by atoms with Gasteiger partial charge in [0.25, 0.3) is 0 Å². The van der Waals surface area contributed by atoms with Gasteiger partial charge in [-0.15, -0.1) is 0 Å². The van der Waals surface area contributed by atoms with E-state index in [-0.39, 0.29) is 0 Å². The number of nitrogens with zero attached hydrogens (tertiary/aromatic N) is 3. The first kappa shape index (κ1) is 31.3. The number of aromatic nitrogens is 1. The third-order valence-corrected chi connectivity index (χ3v) is 9.29. The Labute approximate surface area is 260 Å². The minimum absolute atomic E-state index is 0.317. The number of sulfonamides is 1. The molecule has 0 spiro atoms. The van der Waals surface area contributed by atoms with Gasteiger partial charge in [-0.3, -0.25) is 0 Å². The summed E-state index contributed by atoms with van der Waals surface area (Å²) >= 11 is 0. The van der Waals surface area contributed by atoms with E-state index < -0.39 is 10.0 Å². The molecule has 5 rings (SSSR count). The van der Waals surface area contributed by atoms with Crippen LogP contribution < -0.4 is 19.7 Å². The molecule has 0 bridgehead atoms. The highest BCUT2D eigenvalue weighted by atomic mass is 32.2. The summed E-state index contributed by atoms with van der Waals surface area (Å²) < 4.78 is 34.5. The summed E-state index contributed by atoms with van der Waals surface area (Å²) in [4.78, 5) is 9.44. The first-order valence-corrected chi connectivity index (χ1v) is 16.4. The fourth-order valence-corrected chi connectivity index (χ4v) is 6.73. The van der Waals surface area contributed by atoms with E-state index in [0.29, 0.717) is 11.4 Å². The zero-order valence-corrected chi connectivity index (χ0v) is 26.7. The third-order valence-electron chi connectivity index (χ3n) is 7.77. The molecule has 2 N–H and O–H groups in total. The number of hydrogen-bond donors (Lipinski definition) is 2. The molecule has 0 aliphatic rings. The van der Waals surface area contributed by atoms with E-state index in [2.05, 4.69) is 34.1 Å². The summed E-state index contributed by atoms with van der Waals surface area (Å²) in [6.07, 6.45) is 1.66. The molecule has 1 aromatic heterocycles. The van der Waals surface area contributed by atoms with Gasteiger partial charge in [0, 0.05) is 60.3 Å². The van der Waals surface area contributed by atoms with Gasteiger partial charge >= 0.3 is 0 Å². The van der Waals surface area contributed by atoms with Crippen LogP contribution in [0.1, 0.15) is 12.8 Å². The molecule has 9 heteroatoms. The number of benzene rings is 4. The Kier molecular flexibility index (Phi) is 9.99. The van der Waals surface area contributed by atoms with E-state index in [1.165, 1.54) is 0 Å². The van der Waals surface area contributed by atoms with Crippen molar-refractivity contribution in [3.05, 3.63) is 91.0 Å². The molecule has 5 aromatic rings. The number of para-hydroxylation sites is 1. The minimum atomic E-state index is -3.63. The van der Waals surface area contributed by atoms with Crippen LogP contribution in [0.15, 0.2) is 95.9 Å². The quantitative estimate of drug-likeness (QED) is 0.144. The Morgan fingerprint density at radius 3 is 2.20 bits per heavy atom. The number of hydrogen-bond acceptors (Lipinski definition) is 7. The molecule has 0 amide bonds. The Bertz CT molecular complexity index is 1820. The highest BCUT2D eigenvalue weighted by Crippen LogP contribution is 2.31. The molecule has 0 fully saturated rings. The predicted molar refractivity (Wildman–Crippen MR) is 182 cm³/mol. The summed E-state index contributed by atoms with van der Waals surface area (Å²) in [5.74, 6) is 0.818. The van der Waals surface area contributed by atoms with Gasteiger partial charge in [0.2, 0.25) is 10.0 Å². The smallest absolute Gasteiger partial charge is 0.241 e. The highest BCUT2D eigenvalue weighted by Gasteiger charge is 2.18. The van der Waals surface area contributed by atoms with Gasteiger partial charge < -0.3 is 19.9 Å². The molecule has 0 saturated heterocycles. The molecular formula is C35H41N5O3S. The van der Waals surface area contributed by atoms with Crippen LogP contribution in [0, 0.1) is 0 Å². The lowest BCUT2D eigenvalue weighted by molar-refractivity contribution is 0.328. The van der Waals surface area contributed by atoms with Crippen LogP contribution in [-0.4, -0.2) is 72.7 Å². The number of methoxy groups -OCH3 is 1. The lowest BCUT2D eigenvalue weighted by Gasteiger charge is -2.18. The molecule has 0 radical (unpaired) electrons. The van der Waals surface area contributed by atoms with Crippen molar-refractivity contribution in [3.8, 4) is 17.0 Å². The average molecular weight is 612 g/mol. The van der Waals surface area contributed by atoms with Gasteiger partial charge in [-0.1, -0.05) is 42.5 Å². The lowest BCUT2D eigenvalue weighted by atomic mass is 10.1. The zero-order chi connectivity index (χ0) is 31.1. The number of nitrogens with one attached hydrogen (secondary N) is 2. The summed E-state index contributed by atoms with van der Waals surface area (Å²) in [6, 6.07) is 29.4. The van der Waals surface area contributed by atoms with E-state index in [4.69, 9.17) is 9.72 Å². The van der Waals surface area contributed by atoms with E-state index in [0.717, 1.165) is 82.5 Å². The number of ether oxygens (including phenoxy) is 1. The number of pyridine rings is 1. The fourth-order valence-electron chi connectivity index (χ4n) is 5.44. The number of fused-ring (bicyclic) bond motifs is 2. The molecule has 1 heterocycles. The van der Waals surface area contributed by atoms with Crippen molar-refractivity contribution in [1.82, 2.24) is 14.6 Å². The first-order valence-electron chi connectivity index (χ1n) is 14.9. The zero-order valence-electron chi connectivity index (χ0n) is 25.9. The maximum atomic E-state index is 13.2. The SMILES string of the molecule is COc1ccc(-c2cc(NCCCN(C)CCCNS(=O)(=O)c3cccc4c(N(C)C)cccc34)c3ccccc3n2)cc1. The Morgan fingerprint density at radius 2 is 1.45 bits per heavy atom. The summed E-state index contributed by atoms with van der Waals surface area (Å²) in [5.41, 5.74) is 4.95. The van der Waals surface area contributed by atoms with Crippen LogP contribution in [0.2, 0.25) is 0 Å². The fraction of sp³-hybridized carbons (Fsp3) is 0.286. The van der Waals surface area contributed by atoms with Crippen molar-refractivity contribution in [2.75, 3.05) is 64.6 Å². The molecule has 0 unspecified atom stereocenters. The van der Waals surface area contributed by atoms with Crippen molar-refractivity contribution < 1.29 is 13.2 Å². The van der Waals surface area contributed by atoms with Gasteiger partial charge in [-0.2, -0.15) is 0 Å². The van der Waals surface area contributed by atoms with Gasteiger partial charge in [0.15, 0.2) is 0 Å². The van der Waals surface area contributed by atoms with Gasteiger partial charge in [0.1, 0.15) is 5.75 Å². The van der Waals surface area contributed by atoms with Gasteiger partial charge in [0.05, 0.1) is 23.2 Å². The average Bonchev–Trinajstić information content (AvgIpc) is 3.04. The van der Waals surface area contributed by atoms with Crippen molar-refractivity contribution in [3.63, 3.8) is 0 Å². The van der Waals surface area contributed by atoms with Gasteiger partial charge in [-0.05, 0) is 81.5 Å². The lowest BCUT2D eigenvalue weighted by Crippen LogP contribution is -2.29. The molecule has 0 aliphatic heterocycles. The molecule has 4 aromatic carbocycles. The van der Waals surface area contributed by atoms with Crippen LogP contribution >= 0.6 is 0 Å². The van der Waals surface area contributed by atoms with Crippen LogP contribution in [-0.2, 0) is 10.0 Å². The number of rotatable bonds is 14. The minimum Gasteiger partial charge on any atom is -0.497 e. The predicted octanol–water partition coefficient (Wildman–Crippen LogP) is 6.23. The monoisotopic (exact) mass is 611 g/mol. The van der Waals surface area contributed by atoms with Crippen molar-refractivity contribution >= 4 is 43.1 Å². The maximum Gasteiger partial charge on any atom is 0.241 e. The summed E-state index contributed by atoms with van der Waals surface area (Å²) in [7, 11) is 4.03. The van der Waals surface area contributed by atoms with E-state index >= 15 is 0 Å². The van der Waals surface area contributed by atoms with Crippen molar-refractivity contribution in [2.24, 2.45) is 0 Å². The van der Waals surface area contributed by atoms with Crippen LogP contribution in [0.4, 0.5) is 11.4 Å². The third kappa shape index (κ3) is 7.30. The van der Waals surface area contributed by atoms with Crippen LogP contribution in [0.5, 0.6) is 5.75 Å². The second-order valence-electron chi connectivity index (χ2n) is 11.2. The molecule has 0 aliphatic carbocycles. The highest BCUT2D eigenvalue weighted by molar-refractivity contribution is 7.89. The summed E-state index contributed by atoms with van der Waals surface area (Å²) in [5, 5.41) is 6.36. The summed E-state index contributed by atoms with van der Waals surface area (Å²) in [6.45, 7) is 2.88. The van der Waals surface area contributed by atoms with E-state index in [1.54, 1.807) is 19.2 Å². The molecule has 230 valence electrons. The van der Waals surface area contributed by atoms with Crippen molar-refractivity contribution in [1.29, 1.82) is 0 Å². The van der Waals surface area contributed by atoms with Crippen molar-refractivity contribution in [2.45, 2.75) is 17.7 Å². The Morgan fingerprint density at radius 1 is 0.773 bits per heavy atom. The topological polar surface area (TPSA) is 86.8 Å². The largest absolute Gasteiger partial charge is 0.497 e. The molecule has 0 saturated carbocycles. The van der Waals surface area contributed by atoms with E-state index in [1.807, 2.05) is 85.7 Å². The molecule has 44 heavy (non-hydrogen) atoms. The Hall–Kier alpha value is -4.18. The number of anilines is 2. The van der Waals surface area contributed by atoms with Crippen LogP contribution in [0.3, 0.4) is 0 Å². The standard InChI is InChI=1S/C35H41N5O3S/c1-39(2)34-15-7-13-29-28(34)12-8-16-35(29)44(41,42)37-22-10-24-40(3)23-9-21-36-33-25-32(26-17-19-27(43-4)20-18-26)38-31-14-6-5-11-30(31)33/h5-8,11-20,25,37H,9-10,21-24H2,1-4H3,(H,36,38). The van der Waals surface area contributed by atoms with E-state index in [9.17, 15) is 8.42 Å². The molecule has 8 nitrogen and oxygen atoms in total. The second-order valence-corrected chi connectivity index (χ2v) is 12.9. The molecular weight excluding hydrogens is 570 g/mol. The molecule has 0 atom stereocenters. The maximum absolute atomic E-state index is 13.2. The first-order chi connectivity index (χ1) is 21.3. The second kappa shape index (κ2) is 14.1. The van der Waals surface area contributed by atoms with Gasteiger partial charge in [-0.25, -0.2) is 18.1 Å². The normalized spacial score (nSPS) is 11.8. The van der Waals surface area contributed by atoms with Crippen LogP contribution in [0.25, 0.3) is 32.9 Å².